The van der Waals surface area contributed by atoms with Crippen molar-refractivity contribution in [3.05, 3.63) is 0 Å². The van der Waals surface area contributed by atoms with Gasteiger partial charge in [-0.05, 0) is 32.1 Å². The van der Waals surface area contributed by atoms with Crippen LogP contribution >= 0.6 is 0 Å². The maximum atomic E-state index is 12.3. The van der Waals surface area contributed by atoms with Crippen molar-refractivity contribution in [1.29, 1.82) is 0 Å². The predicted octanol–water partition coefficient (Wildman–Crippen LogP) is 2.24. The number of carboxylic acids is 1. The number of carbonyl (C=O) groups excluding carboxylic acids is 1. The molecule has 0 aromatic carbocycles. The summed E-state index contributed by atoms with van der Waals surface area (Å²) in [7, 11) is 0. The molecule has 0 radical (unpaired) electrons. The van der Waals surface area contributed by atoms with Gasteiger partial charge in [-0.15, -0.1) is 0 Å². The number of rotatable bonds is 8. The molecule has 0 aromatic heterocycles. The molecule has 0 rings (SSSR count). The van der Waals surface area contributed by atoms with Gasteiger partial charge in [0.05, 0.1) is 0 Å². The predicted molar refractivity (Wildman–Crippen MR) is 80.4 cm³/mol. The van der Waals surface area contributed by atoms with Crippen molar-refractivity contribution in [2.24, 2.45) is 11.1 Å². The molecule has 0 heterocycles. The second-order valence-electron chi connectivity index (χ2n) is 6.91. The number of hydrogen-bond acceptors (Lipinski definition) is 3. The van der Waals surface area contributed by atoms with E-state index in [1.54, 1.807) is 4.90 Å². The lowest BCUT2D eigenvalue weighted by atomic mass is 9.87. The van der Waals surface area contributed by atoms with E-state index in [1.165, 1.54) is 0 Å². The molecule has 5 nitrogen and oxygen atoms in total. The van der Waals surface area contributed by atoms with Gasteiger partial charge in [-0.2, -0.15) is 0 Å². The summed E-state index contributed by atoms with van der Waals surface area (Å²) < 4.78 is 0. The van der Waals surface area contributed by atoms with Gasteiger partial charge in [0.1, 0.15) is 0 Å². The summed E-state index contributed by atoms with van der Waals surface area (Å²) in [5, 5.41) is 8.65. The number of aliphatic carboxylic acids is 1. The number of carboxylic acid groups (broad SMARTS) is 1. The normalized spacial score (nSPS) is 13.3. The van der Waals surface area contributed by atoms with E-state index in [2.05, 4.69) is 20.8 Å². The minimum absolute atomic E-state index is 0.0159. The molecule has 0 saturated heterocycles. The first-order valence-electron chi connectivity index (χ1n) is 7.30. The molecule has 0 aliphatic heterocycles. The van der Waals surface area contributed by atoms with Gasteiger partial charge in [0, 0.05) is 31.5 Å². The Morgan fingerprint density at radius 3 is 2.20 bits per heavy atom. The van der Waals surface area contributed by atoms with Gasteiger partial charge in [-0.1, -0.05) is 20.8 Å². The number of carbonyl (C=O) groups is 2. The van der Waals surface area contributed by atoms with E-state index in [0.29, 0.717) is 19.4 Å². The van der Waals surface area contributed by atoms with Crippen molar-refractivity contribution in [2.75, 3.05) is 6.54 Å². The zero-order valence-electron chi connectivity index (χ0n) is 13.5. The third-order valence-electron chi connectivity index (χ3n) is 3.04. The topological polar surface area (TPSA) is 83.6 Å². The van der Waals surface area contributed by atoms with Crippen LogP contribution in [0.2, 0.25) is 0 Å². The molecular weight excluding hydrogens is 256 g/mol. The third kappa shape index (κ3) is 8.91. The van der Waals surface area contributed by atoms with Crippen LogP contribution in [0.15, 0.2) is 0 Å². The minimum Gasteiger partial charge on any atom is -0.481 e. The largest absolute Gasteiger partial charge is 0.481 e. The number of nitrogens with two attached hydrogens (primary N) is 1. The van der Waals surface area contributed by atoms with Gasteiger partial charge in [0.15, 0.2) is 0 Å². The van der Waals surface area contributed by atoms with Crippen molar-refractivity contribution >= 4 is 11.9 Å². The summed E-state index contributed by atoms with van der Waals surface area (Å²) in [6.07, 6.45) is 1.68. The lowest BCUT2D eigenvalue weighted by Gasteiger charge is -2.29. The molecule has 0 bridgehead atoms. The van der Waals surface area contributed by atoms with E-state index >= 15 is 0 Å². The molecule has 0 aliphatic carbocycles. The van der Waals surface area contributed by atoms with Crippen LogP contribution < -0.4 is 5.73 Å². The van der Waals surface area contributed by atoms with E-state index in [9.17, 15) is 9.59 Å². The van der Waals surface area contributed by atoms with Gasteiger partial charge in [0.2, 0.25) is 5.91 Å². The molecule has 1 atom stereocenters. The first kappa shape index (κ1) is 18.9. The van der Waals surface area contributed by atoms with Gasteiger partial charge < -0.3 is 15.7 Å². The molecule has 3 N–H and O–H groups in total. The second-order valence-corrected chi connectivity index (χ2v) is 6.91. The Bertz CT molecular complexity index is 322. The lowest BCUT2D eigenvalue weighted by Crippen LogP contribution is -2.41. The van der Waals surface area contributed by atoms with Crippen molar-refractivity contribution in [1.82, 2.24) is 4.90 Å². The molecule has 0 spiro atoms. The minimum atomic E-state index is -0.828. The molecular formula is C15H30N2O3. The Hall–Kier alpha value is -1.10. The fourth-order valence-corrected chi connectivity index (χ4v) is 2.27. The highest BCUT2D eigenvalue weighted by atomic mass is 16.4. The Morgan fingerprint density at radius 1 is 1.25 bits per heavy atom. The van der Waals surface area contributed by atoms with E-state index in [4.69, 9.17) is 10.8 Å². The Labute approximate surface area is 122 Å². The van der Waals surface area contributed by atoms with Crippen LogP contribution in [0.25, 0.3) is 0 Å². The van der Waals surface area contributed by atoms with Crippen LogP contribution in [0.1, 0.15) is 60.3 Å². The van der Waals surface area contributed by atoms with Crippen LogP contribution in [0.3, 0.4) is 0 Å². The summed E-state index contributed by atoms with van der Waals surface area (Å²) in [6, 6.07) is -0.0821. The molecule has 0 fully saturated rings. The molecule has 20 heavy (non-hydrogen) atoms. The van der Waals surface area contributed by atoms with E-state index in [1.807, 2.05) is 13.8 Å². The first-order valence-corrected chi connectivity index (χ1v) is 7.30. The monoisotopic (exact) mass is 286 g/mol. The number of amides is 1. The summed E-state index contributed by atoms with van der Waals surface area (Å²) in [4.78, 5) is 24.5. The fourth-order valence-electron chi connectivity index (χ4n) is 2.27. The van der Waals surface area contributed by atoms with E-state index < -0.39 is 5.97 Å². The molecule has 0 aromatic rings. The smallest absolute Gasteiger partial charge is 0.303 e. The summed E-state index contributed by atoms with van der Waals surface area (Å²) >= 11 is 0. The average molecular weight is 286 g/mol. The quantitative estimate of drug-likeness (QED) is 0.716. The first-order chi connectivity index (χ1) is 9.03. The standard InChI is InChI=1S/C15H30N2O3/c1-11(2)17(8-6-7-14(19)20)13(18)9-12(16)10-15(3,4)5/h11-12H,6-10,16H2,1-5H3,(H,19,20). The van der Waals surface area contributed by atoms with Crippen LogP contribution in [-0.2, 0) is 9.59 Å². The fraction of sp³-hybridized carbons (Fsp3) is 0.867. The Balaban J connectivity index is 4.39. The van der Waals surface area contributed by atoms with Gasteiger partial charge in [-0.25, -0.2) is 0 Å². The van der Waals surface area contributed by atoms with Crippen molar-refractivity contribution < 1.29 is 14.7 Å². The average Bonchev–Trinajstić information content (AvgIpc) is 2.19. The summed E-state index contributed by atoms with van der Waals surface area (Å²) in [5.41, 5.74) is 6.14. The maximum Gasteiger partial charge on any atom is 0.303 e. The van der Waals surface area contributed by atoms with Crippen molar-refractivity contribution in [3.63, 3.8) is 0 Å². The van der Waals surface area contributed by atoms with Crippen LogP contribution in [0.4, 0.5) is 0 Å². The van der Waals surface area contributed by atoms with Crippen LogP contribution in [0.5, 0.6) is 0 Å². The van der Waals surface area contributed by atoms with Gasteiger partial charge >= 0.3 is 5.97 Å². The molecule has 5 heteroatoms. The maximum absolute atomic E-state index is 12.3. The van der Waals surface area contributed by atoms with E-state index in [0.717, 1.165) is 6.42 Å². The van der Waals surface area contributed by atoms with Crippen LogP contribution in [-0.4, -0.2) is 40.5 Å². The van der Waals surface area contributed by atoms with Crippen molar-refractivity contribution in [3.8, 4) is 0 Å². The highest BCUT2D eigenvalue weighted by Crippen LogP contribution is 2.21. The zero-order chi connectivity index (χ0) is 15.9. The molecule has 0 aliphatic rings. The highest BCUT2D eigenvalue weighted by molar-refractivity contribution is 5.77. The summed E-state index contributed by atoms with van der Waals surface area (Å²) in [5.74, 6) is -0.812. The van der Waals surface area contributed by atoms with E-state index in [-0.39, 0.29) is 29.8 Å². The molecule has 1 unspecified atom stereocenters. The highest BCUT2D eigenvalue weighted by Gasteiger charge is 2.22. The number of hydrogen-bond donors (Lipinski definition) is 2. The number of nitrogens with zero attached hydrogens (tertiary/aromatic N) is 1. The Morgan fingerprint density at radius 2 is 1.80 bits per heavy atom. The summed E-state index contributed by atoms with van der Waals surface area (Å²) in [6.45, 7) is 10.7. The molecule has 0 saturated carbocycles. The molecule has 118 valence electrons. The lowest BCUT2D eigenvalue weighted by molar-refractivity contribution is -0.138. The van der Waals surface area contributed by atoms with Crippen LogP contribution in [0, 0.1) is 5.41 Å². The SMILES string of the molecule is CC(C)N(CCCC(=O)O)C(=O)CC(N)CC(C)(C)C. The Kier molecular flexibility index (Phi) is 7.79. The van der Waals surface area contributed by atoms with Gasteiger partial charge in [-0.3, -0.25) is 9.59 Å². The second kappa shape index (κ2) is 8.25. The third-order valence-corrected chi connectivity index (χ3v) is 3.04. The zero-order valence-corrected chi connectivity index (χ0v) is 13.5. The van der Waals surface area contributed by atoms with Crippen molar-refractivity contribution in [2.45, 2.75) is 72.4 Å². The van der Waals surface area contributed by atoms with Gasteiger partial charge in [0.25, 0.3) is 0 Å². The molecule has 1 amide bonds.